The van der Waals surface area contributed by atoms with E-state index in [1.165, 1.54) is 12.1 Å². The number of halogens is 2. The zero-order valence-electron chi connectivity index (χ0n) is 17.9. The maximum absolute atomic E-state index is 13.4. The van der Waals surface area contributed by atoms with Gasteiger partial charge in [-0.2, -0.15) is 0 Å². The molecule has 0 saturated carbocycles. The number of fused-ring (bicyclic) bond motifs is 1. The first-order chi connectivity index (χ1) is 14.9. The van der Waals surface area contributed by atoms with Gasteiger partial charge in [0.15, 0.2) is 0 Å². The number of rotatable bonds is 5. The van der Waals surface area contributed by atoms with E-state index in [1.54, 1.807) is 49.9 Å². The van der Waals surface area contributed by atoms with Crippen LogP contribution in [0.15, 0.2) is 36.4 Å². The van der Waals surface area contributed by atoms with E-state index >= 15 is 0 Å². The number of nitrogens with one attached hydrogen (secondary N) is 1. The van der Waals surface area contributed by atoms with E-state index in [1.807, 2.05) is 0 Å². The predicted octanol–water partition coefficient (Wildman–Crippen LogP) is 4.88. The van der Waals surface area contributed by atoms with Crippen LogP contribution in [0.5, 0.6) is 0 Å². The number of carbonyl (C=O) groups excluding carboxylic acids is 2. The van der Waals surface area contributed by atoms with Crippen molar-refractivity contribution in [1.82, 2.24) is 10.2 Å². The van der Waals surface area contributed by atoms with E-state index < -0.39 is 22.7 Å². The van der Waals surface area contributed by atoms with E-state index in [2.05, 4.69) is 5.32 Å². The first-order valence-corrected chi connectivity index (χ1v) is 10.7. The van der Waals surface area contributed by atoms with Gasteiger partial charge in [0, 0.05) is 41.7 Å². The number of amides is 2. The third kappa shape index (κ3) is 5.89. The van der Waals surface area contributed by atoms with Crippen LogP contribution in [0.1, 0.15) is 37.5 Å². The SMILES string of the molecule is CC(C)(C)OC(=O)N[C@H](Cc1ccc(Cl)cc1Cl)C(=O)N1Cc2ccc([N+](=O)[O-])cc2C1. The third-order valence-electron chi connectivity index (χ3n) is 4.86. The summed E-state index contributed by atoms with van der Waals surface area (Å²) in [6.45, 7) is 5.67. The molecule has 10 heteroatoms. The van der Waals surface area contributed by atoms with Gasteiger partial charge in [0.1, 0.15) is 11.6 Å². The molecule has 0 aliphatic carbocycles. The van der Waals surface area contributed by atoms with Crippen molar-refractivity contribution < 1.29 is 19.2 Å². The molecule has 1 atom stereocenters. The molecule has 8 nitrogen and oxygen atoms in total. The van der Waals surface area contributed by atoms with Gasteiger partial charge in [-0.05, 0) is 49.6 Å². The van der Waals surface area contributed by atoms with Crippen molar-refractivity contribution in [2.24, 2.45) is 0 Å². The Morgan fingerprint density at radius 2 is 1.84 bits per heavy atom. The smallest absolute Gasteiger partial charge is 0.408 e. The number of nitro groups is 1. The van der Waals surface area contributed by atoms with Crippen molar-refractivity contribution in [3.63, 3.8) is 0 Å². The number of non-ortho nitro benzene ring substituents is 1. The van der Waals surface area contributed by atoms with Gasteiger partial charge in [0.05, 0.1) is 4.92 Å². The van der Waals surface area contributed by atoms with Crippen LogP contribution < -0.4 is 5.32 Å². The molecule has 0 radical (unpaired) electrons. The van der Waals surface area contributed by atoms with Crippen molar-refractivity contribution >= 4 is 40.9 Å². The Balaban J connectivity index is 1.82. The maximum Gasteiger partial charge on any atom is 0.408 e. The predicted molar refractivity (Wildman–Crippen MR) is 121 cm³/mol. The van der Waals surface area contributed by atoms with Crippen LogP contribution in [0.4, 0.5) is 10.5 Å². The summed E-state index contributed by atoms with van der Waals surface area (Å²) in [7, 11) is 0. The third-order valence-corrected chi connectivity index (χ3v) is 5.45. The largest absolute Gasteiger partial charge is 0.444 e. The average molecular weight is 480 g/mol. The van der Waals surface area contributed by atoms with Crippen molar-refractivity contribution in [2.75, 3.05) is 0 Å². The highest BCUT2D eigenvalue weighted by molar-refractivity contribution is 6.35. The molecule has 3 rings (SSSR count). The molecule has 0 fully saturated rings. The van der Waals surface area contributed by atoms with Gasteiger partial charge >= 0.3 is 6.09 Å². The molecule has 170 valence electrons. The second kappa shape index (κ2) is 9.34. The van der Waals surface area contributed by atoms with Gasteiger partial charge in [-0.1, -0.05) is 35.3 Å². The van der Waals surface area contributed by atoms with Gasteiger partial charge in [-0.3, -0.25) is 14.9 Å². The summed E-state index contributed by atoms with van der Waals surface area (Å²) >= 11 is 12.2. The quantitative estimate of drug-likeness (QED) is 0.486. The molecular formula is C22H23Cl2N3O5. The fraction of sp³-hybridized carbons (Fsp3) is 0.364. The molecule has 0 spiro atoms. The van der Waals surface area contributed by atoms with Gasteiger partial charge in [0.25, 0.3) is 5.69 Å². The lowest BCUT2D eigenvalue weighted by Gasteiger charge is -2.26. The lowest BCUT2D eigenvalue weighted by molar-refractivity contribution is -0.384. The highest BCUT2D eigenvalue weighted by atomic mass is 35.5. The number of ether oxygens (including phenoxy) is 1. The Labute approximate surface area is 195 Å². The molecule has 2 aromatic rings. The molecule has 2 aromatic carbocycles. The molecule has 0 saturated heterocycles. The highest BCUT2D eigenvalue weighted by Crippen LogP contribution is 2.28. The van der Waals surface area contributed by atoms with Crippen LogP contribution in [0.2, 0.25) is 10.0 Å². The molecule has 2 amide bonds. The Morgan fingerprint density at radius 3 is 2.47 bits per heavy atom. The molecule has 0 unspecified atom stereocenters. The standard InChI is InChI=1S/C22H23Cl2N3O5/c1-22(2,3)32-21(29)25-19(9-13-4-6-16(23)10-18(13)24)20(28)26-11-14-5-7-17(27(30)31)8-15(14)12-26/h4-8,10,19H,9,11-12H2,1-3H3,(H,25,29)/t19-/m1/s1. The zero-order valence-corrected chi connectivity index (χ0v) is 19.4. The van der Waals surface area contributed by atoms with Gasteiger partial charge < -0.3 is 15.0 Å². The van der Waals surface area contributed by atoms with Crippen LogP contribution >= 0.6 is 23.2 Å². The number of nitro benzene ring substituents is 1. The topological polar surface area (TPSA) is 102 Å². The number of alkyl carbamates (subject to hydrolysis) is 1. The van der Waals surface area contributed by atoms with Crippen LogP contribution in [-0.4, -0.2) is 33.5 Å². The van der Waals surface area contributed by atoms with Crippen LogP contribution in [0.3, 0.4) is 0 Å². The number of benzene rings is 2. The summed E-state index contributed by atoms with van der Waals surface area (Å²) in [6.07, 6.45) is -0.602. The minimum atomic E-state index is -0.951. The maximum atomic E-state index is 13.4. The molecule has 1 aliphatic heterocycles. The first-order valence-electron chi connectivity index (χ1n) is 9.91. The summed E-state index contributed by atoms with van der Waals surface area (Å²) in [5, 5.41) is 14.5. The zero-order chi connectivity index (χ0) is 23.6. The van der Waals surface area contributed by atoms with E-state index in [9.17, 15) is 19.7 Å². The Hall–Kier alpha value is -2.84. The fourth-order valence-electron chi connectivity index (χ4n) is 3.43. The minimum Gasteiger partial charge on any atom is -0.444 e. The minimum absolute atomic E-state index is 0.0329. The molecular weight excluding hydrogens is 457 g/mol. The molecule has 0 bridgehead atoms. The Bertz CT molecular complexity index is 1070. The van der Waals surface area contributed by atoms with Gasteiger partial charge in [0.2, 0.25) is 5.91 Å². The van der Waals surface area contributed by atoms with E-state index in [-0.39, 0.29) is 31.1 Å². The summed E-state index contributed by atoms with van der Waals surface area (Å²) in [6, 6.07) is 8.50. The molecule has 1 aliphatic rings. The Morgan fingerprint density at radius 1 is 1.16 bits per heavy atom. The average Bonchev–Trinajstić information content (AvgIpc) is 3.10. The summed E-state index contributed by atoms with van der Waals surface area (Å²) in [4.78, 5) is 37.9. The second-order valence-electron chi connectivity index (χ2n) is 8.54. The molecule has 32 heavy (non-hydrogen) atoms. The number of hydrogen-bond donors (Lipinski definition) is 1. The van der Waals surface area contributed by atoms with Crippen molar-refractivity contribution in [1.29, 1.82) is 0 Å². The van der Waals surface area contributed by atoms with Crippen molar-refractivity contribution in [3.05, 3.63) is 73.2 Å². The normalized spacial score (nSPS) is 14.0. The van der Waals surface area contributed by atoms with Crippen molar-refractivity contribution in [3.8, 4) is 0 Å². The van der Waals surface area contributed by atoms with Gasteiger partial charge in [-0.25, -0.2) is 4.79 Å². The lowest BCUT2D eigenvalue weighted by Crippen LogP contribution is -2.49. The number of carbonyl (C=O) groups is 2. The molecule has 1 N–H and O–H groups in total. The fourth-order valence-corrected chi connectivity index (χ4v) is 3.91. The summed E-state index contributed by atoms with van der Waals surface area (Å²) < 4.78 is 5.32. The molecule has 0 aromatic heterocycles. The lowest BCUT2D eigenvalue weighted by atomic mass is 10.0. The van der Waals surface area contributed by atoms with Gasteiger partial charge in [-0.15, -0.1) is 0 Å². The van der Waals surface area contributed by atoms with Crippen LogP contribution in [-0.2, 0) is 29.0 Å². The first kappa shape index (κ1) is 23.8. The number of hydrogen-bond acceptors (Lipinski definition) is 5. The van der Waals surface area contributed by atoms with Crippen molar-refractivity contribution in [2.45, 2.75) is 51.9 Å². The van der Waals surface area contributed by atoms with Crippen LogP contribution in [0, 0.1) is 10.1 Å². The number of nitrogens with zero attached hydrogens (tertiary/aromatic N) is 2. The van der Waals surface area contributed by atoms with Crippen LogP contribution in [0.25, 0.3) is 0 Å². The highest BCUT2D eigenvalue weighted by Gasteiger charge is 2.32. The monoisotopic (exact) mass is 479 g/mol. The summed E-state index contributed by atoms with van der Waals surface area (Å²) in [5.74, 6) is -0.347. The van der Waals surface area contributed by atoms with E-state index in [0.717, 1.165) is 5.56 Å². The van der Waals surface area contributed by atoms with E-state index in [4.69, 9.17) is 27.9 Å². The summed E-state index contributed by atoms with van der Waals surface area (Å²) in [5.41, 5.74) is 1.39. The Kier molecular flexibility index (Phi) is 6.95. The molecule has 1 heterocycles. The second-order valence-corrected chi connectivity index (χ2v) is 9.39. The van der Waals surface area contributed by atoms with E-state index in [0.29, 0.717) is 21.2 Å².